The largest absolute Gasteiger partial charge is 0.395 e. The van der Waals surface area contributed by atoms with Gasteiger partial charge in [0.15, 0.2) is 0 Å². The van der Waals surface area contributed by atoms with Gasteiger partial charge in [-0.05, 0) is 27.7 Å². The Hall–Kier alpha value is -0.940. The smallest absolute Gasteiger partial charge is 0.147 e. The first-order chi connectivity index (χ1) is 7.60. The SMILES string of the molecule is CCn1c(C)nnc1CN(CCO)C(C)C. The molecule has 0 atom stereocenters. The Bertz CT molecular complexity index is 322. The Morgan fingerprint density at radius 2 is 2.06 bits per heavy atom. The van der Waals surface area contributed by atoms with Gasteiger partial charge in [0, 0.05) is 19.1 Å². The lowest BCUT2D eigenvalue weighted by molar-refractivity contribution is 0.154. The van der Waals surface area contributed by atoms with E-state index in [0.29, 0.717) is 12.6 Å². The molecule has 1 aromatic rings. The fraction of sp³-hybridized carbons (Fsp3) is 0.818. The van der Waals surface area contributed by atoms with Crippen LogP contribution in [0.15, 0.2) is 0 Å². The molecule has 16 heavy (non-hydrogen) atoms. The van der Waals surface area contributed by atoms with E-state index in [9.17, 15) is 0 Å². The molecule has 0 fully saturated rings. The van der Waals surface area contributed by atoms with Crippen molar-refractivity contribution in [3.63, 3.8) is 0 Å². The normalized spacial score (nSPS) is 11.7. The first-order valence-electron chi connectivity index (χ1n) is 5.83. The summed E-state index contributed by atoms with van der Waals surface area (Å²) in [5.41, 5.74) is 0. The van der Waals surface area contributed by atoms with E-state index >= 15 is 0 Å². The van der Waals surface area contributed by atoms with Gasteiger partial charge in [-0.1, -0.05) is 0 Å². The third-order valence-corrected chi connectivity index (χ3v) is 2.79. The summed E-state index contributed by atoms with van der Waals surface area (Å²) in [5, 5.41) is 17.3. The number of aromatic nitrogens is 3. The molecular weight excluding hydrogens is 204 g/mol. The highest BCUT2D eigenvalue weighted by atomic mass is 16.3. The first-order valence-corrected chi connectivity index (χ1v) is 5.83. The maximum Gasteiger partial charge on any atom is 0.147 e. The molecule has 0 unspecified atom stereocenters. The van der Waals surface area contributed by atoms with Crippen molar-refractivity contribution in [2.45, 2.75) is 46.8 Å². The van der Waals surface area contributed by atoms with Gasteiger partial charge in [-0.2, -0.15) is 0 Å². The molecule has 0 aliphatic rings. The van der Waals surface area contributed by atoms with Crippen molar-refractivity contribution < 1.29 is 5.11 Å². The van der Waals surface area contributed by atoms with Gasteiger partial charge >= 0.3 is 0 Å². The van der Waals surface area contributed by atoms with Crippen LogP contribution in [0.4, 0.5) is 0 Å². The topological polar surface area (TPSA) is 54.2 Å². The fourth-order valence-electron chi connectivity index (χ4n) is 1.78. The summed E-state index contributed by atoms with van der Waals surface area (Å²) in [7, 11) is 0. The molecule has 0 aliphatic heterocycles. The first kappa shape index (κ1) is 13.1. The van der Waals surface area contributed by atoms with Crippen LogP contribution in [0.2, 0.25) is 0 Å². The molecule has 1 heterocycles. The van der Waals surface area contributed by atoms with E-state index in [-0.39, 0.29) is 6.61 Å². The molecule has 5 nitrogen and oxygen atoms in total. The number of aliphatic hydroxyl groups excluding tert-OH is 1. The van der Waals surface area contributed by atoms with Crippen molar-refractivity contribution in [1.82, 2.24) is 19.7 Å². The number of hydrogen-bond acceptors (Lipinski definition) is 4. The van der Waals surface area contributed by atoms with E-state index in [1.165, 1.54) is 0 Å². The van der Waals surface area contributed by atoms with Gasteiger partial charge < -0.3 is 9.67 Å². The van der Waals surface area contributed by atoms with E-state index in [2.05, 4.69) is 40.4 Å². The zero-order chi connectivity index (χ0) is 12.1. The summed E-state index contributed by atoms with van der Waals surface area (Å²) < 4.78 is 2.10. The lowest BCUT2D eigenvalue weighted by Crippen LogP contribution is -2.34. The number of rotatable bonds is 6. The predicted molar refractivity (Wildman–Crippen MR) is 63.1 cm³/mol. The molecule has 0 amide bonds. The van der Waals surface area contributed by atoms with Crippen molar-refractivity contribution in [3.8, 4) is 0 Å². The van der Waals surface area contributed by atoms with Gasteiger partial charge in [-0.15, -0.1) is 10.2 Å². The minimum Gasteiger partial charge on any atom is -0.395 e. The molecule has 0 spiro atoms. The molecule has 1 rings (SSSR count). The van der Waals surface area contributed by atoms with Crippen molar-refractivity contribution in [2.24, 2.45) is 0 Å². The van der Waals surface area contributed by atoms with Gasteiger partial charge in [-0.25, -0.2) is 0 Å². The third kappa shape index (κ3) is 3.02. The second-order valence-corrected chi connectivity index (χ2v) is 4.20. The van der Waals surface area contributed by atoms with Crippen LogP contribution in [0, 0.1) is 6.92 Å². The molecular formula is C11H22N4O. The van der Waals surface area contributed by atoms with E-state index in [4.69, 9.17) is 5.11 Å². The highest BCUT2D eigenvalue weighted by Crippen LogP contribution is 2.07. The number of nitrogens with zero attached hydrogens (tertiary/aromatic N) is 4. The highest BCUT2D eigenvalue weighted by Gasteiger charge is 2.14. The Balaban J connectivity index is 2.76. The summed E-state index contributed by atoms with van der Waals surface area (Å²) in [5.74, 6) is 1.92. The van der Waals surface area contributed by atoms with Crippen molar-refractivity contribution in [1.29, 1.82) is 0 Å². The van der Waals surface area contributed by atoms with Gasteiger partial charge in [-0.3, -0.25) is 4.90 Å². The average molecular weight is 226 g/mol. The van der Waals surface area contributed by atoms with Crippen LogP contribution in [0.25, 0.3) is 0 Å². The Labute approximate surface area is 97.1 Å². The summed E-state index contributed by atoms with van der Waals surface area (Å²) in [6.07, 6.45) is 0. The molecule has 0 saturated carbocycles. The Morgan fingerprint density at radius 1 is 1.38 bits per heavy atom. The minimum atomic E-state index is 0.178. The Morgan fingerprint density at radius 3 is 2.56 bits per heavy atom. The summed E-state index contributed by atoms with van der Waals surface area (Å²) in [6, 6.07) is 0.398. The second-order valence-electron chi connectivity index (χ2n) is 4.20. The molecule has 1 N–H and O–H groups in total. The van der Waals surface area contributed by atoms with Crippen LogP contribution in [0.5, 0.6) is 0 Å². The molecule has 0 aromatic carbocycles. The second kappa shape index (κ2) is 5.96. The lowest BCUT2D eigenvalue weighted by atomic mass is 10.3. The van der Waals surface area contributed by atoms with E-state index < -0.39 is 0 Å². The van der Waals surface area contributed by atoms with Crippen LogP contribution >= 0.6 is 0 Å². The van der Waals surface area contributed by atoms with Crippen LogP contribution in [0.3, 0.4) is 0 Å². The molecule has 5 heteroatoms. The third-order valence-electron chi connectivity index (χ3n) is 2.79. The lowest BCUT2D eigenvalue weighted by Gasteiger charge is -2.25. The summed E-state index contributed by atoms with van der Waals surface area (Å²) in [4.78, 5) is 2.19. The van der Waals surface area contributed by atoms with Gasteiger partial charge in [0.05, 0.1) is 13.2 Å². The molecule has 92 valence electrons. The highest BCUT2D eigenvalue weighted by molar-refractivity contribution is 4.94. The van der Waals surface area contributed by atoms with Crippen molar-refractivity contribution >= 4 is 0 Å². The van der Waals surface area contributed by atoms with Crippen molar-refractivity contribution in [2.75, 3.05) is 13.2 Å². The number of aliphatic hydroxyl groups is 1. The van der Waals surface area contributed by atoms with E-state index in [1.807, 2.05) is 6.92 Å². The molecule has 1 aromatic heterocycles. The maximum atomic E-state index is 9.01. The van der Waals surface area contributed by atoms with Crippen molar-refractivity contribution in [3.05, 3.63) is 11.6 Å². The maximum absolute atomic E-state index is 9.01. The van der Waals surface area contributed by atoms with Gasteiger partial charge in [0.25, 0.3) is 0 Å². The molecule has 0 radical (unpaired) electrons. The standard InChI is InChI=1S/C11H22N4O/c1-5-15-10(4)12-13-11(15)8-14(6-7-16)9(2)3/h9,16H,5-8H2,1-4H3. The zero-order valence-corrected chi connectivity index (χ0v) is 10.6. The quantitative estimate of drug-likeness (QED) is 0.780. The predicted octanol–water partition coefficient (Wildman–Crippen LogP) is 0.809. The van der Waals surface area contributed by atoms with Gasteiger partial charge in [0.1, 0.15) is 11.6 Å². The molecule has 0 aliphatic carbocycles. The molecule has 0 bridgehead atoms. The number of aryl methyl sites for hydroxylation is 1. The molecule has 0 saturated heterocycles. The minimum absolute atomic E-state index is 0.178. The van der Waals surface area contributed by atoms with Crippen LogP contribution in [-0.4, -0.2) is 44.0 Å². The van der Waals surface area contributed by atoms with E-state index in [0.717, 1.165) is 24.7 Å². The Kier molecular flexibility index (Phi) is 4.89. The van der Waals surface area contributed by atoms with Crippen LogP contribution < -0.4 is 0 Å². The number of hydrogen-bond donors (Lipinski definition) is 1. The van der Waals surface area contributed by atoms with Gasteiger partial charge in [0.2, 0.25) is 0 Å². The fourth-order valence-corrected chi connectivity index (χ4v) is 1.78. The summed E-state index contributed by atoms with van der Waals surface area (Å²) in [6.45, 7) is 10.8. The average Bonchev–Trinajstić information content (AvgIpc) is 2.58. The summed E-state index contributed by atoms with van der Waals surface area (Å²) >= 11 is 0. The van der Waals surface area contributed by atoms with Crippen LogP contribution in [-0.2, 0) is 13.1 Å². The zero-order valence-electron chi connectivity index (χ0n) is 10.6. The monoisotopic (exact) mass is 226 g/mol. The van der Waals surface area contributed by atoms with Crippen LogP contribution in [0.1, 0.15) is 32.4 Å². The van der Waals surface area contributed by atoms with E-state index in [1.54, 1.807) is 0 Å².